The average molecular weight is 269 g/mol. The van der Waals surface area contributed by atoms with Gasteiger partial charge in [-0.05, 0) is 26.7 Å². The van der Waals surface area contributed by atoms with Crippen LogP contribution in [0.2, 0.25) is 0 Å². The molecule has 0 aromatic heterocycles. The van der Waals surface area contributed by atoms with E-state index in [-0.39, 0.29) is 23.9 Å². The Balaban J connectivity index is 2.33. The van der Waals surface area contributed by atoms with E-state index >= 15 is 0 Å². The maximum absolute atomic E-state index is 11.9. The van der Waals surface area contributed by atoms with Gasteiger partial charge in [0.1, 0.15) is 0 Å². The number of nitrogens with one attached hydrogen (secondary N) is 1. The molecule has 0 spiro atoms. The average Bonchev–Trinajstić information content (AvgIpc) is 2.38. The van der Waals surface area contributed by atoms with Crippen LogP contribution in [0, 0.1) is 0 Å². The highest BCUT2D eigenvalue weighted by Crippen LogP contribution is 2.28. The van der Waals surface area contributed by atoms with Crippen LogP contribution in [-0.4, -0.2) is 41.9 Å². The van der Waals surface area contributed by atoms with Crippen LogP contribution < -0.4 is 11.1 Å². The normalized spacial score (nSPS) is 17.8. The third kappa shape index (κ3) is 5.19. The SMILES string of the molecule is CCN(CC)C(=O)CNC(=O)CC1(N)CCCCC1. The minimum atomic E-state index is -0.361. The molecule has 0 saturated heterocycles. The van der Waals surface area contributed by atoms with E-state index in [1.807, 2.05) is 13.8 Å². The highest BCUT2D eigenvalue weighted by atomic mass is 16.2. The zero-order valence-corrected chi connectivity index (χ0v) is 12.2. The zero-order valence-electron chi connectivity index (χ0n) is 12.2. The van der Waals surface area contributed by atoms with Crippen LogP contribution in [-0.2, 0) is 9.59 Å². The number of rotatable bonds is 6. The first-order valence-electron chi connectivity index (χ1n) is 7.34. The van der Waals surface area contributed by atoms with Crippen LogP contribution >= 0.6 is 0 Å². The summed E-state index contributed by atoms with van der Waals surface area (Å²) in [6.45, 7) is 5.29. The van der Waals surface area contributed by atoms with Gasteiger partial charge in [-0.2, -0.15) is 0 Å². The van der Waals surface area contributed by atoms with Crippen molar-refractivity contribution in [3.05, 3.63) is 0 Å². The van der Waals surface area contributed by atoms with E-state index < -0.39 is 0 Å². The summed E-state index contributed by atoms with van der Waals surface area (Å²) in [6.07, 6.45) is 5.55. The highest BCUT2D eigenvalue weighted by molar-refractivity contribution is 5.85. The topological polar surface area (TPSA) is 75.4 Å². The summed E-state index contributed by atoms with van der Waals surface area (Å²) in [5, 5.41) is 2.69. The molecule has 0 radical (unpaired) electrons. The summed E-state index contributed by atoms with van der Waals surface area (Å²) in [5.74, 6) is -0.141. The van der Waals surface area contributed by atoms with Crippen LogP contribution in [0.5, 0.6) is 0 Å². The molecule has 0 atom stereocenters. The van der Waals surface area contributed by atoms with Gasteiger partial charge in [0, 0.05) is 25.0 Å². The van der Waals surface area contributed by atoms with E-state index in [0.29, 0.717) is 19.5 Å². The molecule has 0 unspecified atom stereocenters. The summed E-state index contributed by atoms with van der Waals surface area (Å²) in [4.78, 5) is 25.3. The second kappa shape index (κ2) is 7.48. The van der Waals surface area contributed by atoms with E-state index in [9.17, 15) is 9.59 Å². The van der Waals surface area contributed by atoms with Gasteiger partial charge >= 0.3 is 0 Å². The molecular formula is C14H27N3O2. The van der Waals surface area contributed by atoms with Crippen LogP contribution in [0.4, 0.5) is 0 Å². The molecule has 5 heteroatoms. The fourth-order valence-corrected chi connectivity index (χ4v) is 2.68. The molecule has 19 heavy (non-hydrogen) atoms. The number of nitrogens with two attached hydrogens (primary N) is 1. The Labute approximate surface area is 115 Å². The van der Waals surface area contributed by atoms with Crippen molar-refractivity contribution in [3.8, 4) is 0 Å². The zero-order chi connectivity index (χ0) is 14.3. The number of likely N-dealkylation sites (N-methyl/N-ethyl adjacent to an activating group) is 1. The van der Waals surface area contributed by atoms with Gasteiger partial charge in [0.05, 0.1) is 6.54 Å². The van der Waals surface area contributed by atoms with Crippen molar-refractivity contribution in [1.29, 1.82) is 0 Å². The van der Waals surface area contributed by atoms with Crippen molar-refractivity contribution in [2.45, 2.75) is 57.9 Å². The van der Waals surface area contributed by atoms with Crippen LogP contribution in [0.3, 0.4) is 0 Å². The van der Waals surface area contributed by atoms with E-state index in [2.05, 4.69) is 5.32 Å². The van der Waals surface area contributed by atoms with Crippen LogP contribution in [0.1, 0.15) is 52.4 Å². The van der Waals surface area contributed by atoms with Gasteiger partial charge in [0.2, 0.25) is 11.8 Å². The predicted octanol–water partition coefficient (Wildman–Crippen LogP) is 1.02. The number of carbonyl (C=O) groups excluding carboxylic acids is 2. The second-order valence-corrected chi connectivity index (χ2v) is 5.44. The summed E-state index contributed by atoms with van der Waals surface area (Å²) in [6, 6.07) is 0. The molecule has 2 amide bonds. The molecule has 5 nitrogen and oxygen atoms in total. The van der Waals surface area contributed by atoms with E-state index in [1.54, 1.807) is 4.90 Å². The summed E-state index contributed by atoms with van der Waals surface area (Å²) >= 11 is 0. The maximum atomic E-state index is 11.9. The van der Waals surface area contributed by atoms with Crippen molar-refractivity contribution in [2.75, 3.05) is 19.6 Å². The monoisotopic (exact) mass is 269 g/mol. The van der Waals surface area contributed by atoms with Gasteiger partial charge in [0.25, 0.3) is 0 Å². The summed E-state index contributed by atoms with van der Waals surface area (Å²) in [5.41, 5.74) is 5.86. The van der Waals surface area contributed by atoms with E-state index in [1.165, 1.54) is 6.42 Å². The molecule has 3 N–H and O–H groups in total. The number of amides is 2. The molecule has 0 bridgehead atoms. The van der Waals surface area contributed by atoms with Gasteiger partial charge < -0.3 is 16.0 Å². The standard InChI is InChI=1S/C14H27N3O2/c1-3-17(4-2)13(19)11-16-12(18)10-14(15)8-6-5-7-9-14/h3-11,15H2,1-2H3,(H,16,18). The minimum Gasteiger partial charge on any atom is -0.347 e. The first-order chi connectivity index (χ1) is 9.00. The van der Waals surface area contributed by atoms with Crippen LogP contribution in [0.15, 0.2) is 0 Å². The Morgan fingerprint density at radius 2 is 1.74 bits per heavy atom. The molecular weight excluding hydrogens is 242 g/mol. The molecule has 0 aromatic carbocycles. The van der Waals surface area contributed by atoms with Crippen LogP contribution in [0.25, 0.3) is 0 Å². The van der Waals surface area contributed by atoms with Gasteiger partial charge in [-0.3, -0.25) is 9.59 Å². The number of hydrogen-bond acceptors (Lipinski definition) is 3. The summed E-state index contributed by atoms with van der Waals surface area (Å²) < 4.78 is 0. The van der Waals surface area contributed by atoms with Crippen molar-refractivity contribution >= 4 is 11.8 Å². The van der Waals surface area contributed by atoms with Crippen molar-refractivity contribution in [3.63, 3.8) is 0 Å². The lowest BCUT2D eigenvalue weighted by molar-refractivity contribution is -0.133. The molecule has 1 fully saturated rings. The summed E-state index contributed by atoms with van der Waals surface area (Å²) in [7, 11) is 0. The van der Waals surface area contributed by atoms with Crippen molar-refractivity contribution in [2.24, 2.45) is 5.73 Å². The Morgan fingerprint density at radius 3 is 2.26 bits per heavy atom. The first-order valence-corrected chi connectivity index (χ1v) is 7.34. The third-order valence-electron chi connectivity index (χ3n) is 3.91. The number of hydrogen-bond donors (Lipinski definition) is 2. The van der Waals surface area contributed by atoms with E-state index in [4.69, 9.17) is 5.73 Å². The Morgan fingerprint density at radius 1 is 1.16 bits per heavy atom. The lowest BCUT2D eigenvalue weighted by Crippen LogP contribution is -2.47. The lowest BCUT2D eigenvalue weighted by Gasteiger charge is -2.32. The van der Waals surface area contributed by atoms with E-state index in [0.717, 1.165) is 25.7 Å². The number of nitrogens with zero attached hydrogens (tertiary/aromatic N) is 1. The van der Waals surface area contributed by atoms with Gasteiger partial charge in [-0.25, -0.2) is 0 Å². The quantitative estimate of drug-likeness (QED) is 0.756. The Hall–Kier alpha value is -1.10. The third-order valence-corrected chi connectivity index (χ3v) is 3.91. The lowest BCUT2D eigenvalue weighted by atomic mass is 9.80. The fraction of sp³-hybridized carbons (Fsp3) is 0.857. The molecule has 0 heterocycles. The minimum absolute atomic E-state index is 0.0342. The van der Waals surface area contributed by atoms with Gasteiger partial charge in [-0.15, -0.1) is 0 Å². The predicted molar refractivity (Wildman–Crippen MR) is 75.6 cm³/mol. The van der Waals surface area contributed by atoms with Crippen molar-refractivity contribution < 1.29 is 9.59 Å². The molecule has 1 saturated carbocycles. The highest BCUT2D eigenvalue weighted by Gasteiger charge is 2.30. The van der Waals surface area contributed by atoms with Gasteiger partial charge in [-0.1, -0.05) is 19.3 Å². The smallest absolute Gasteiger partial charge is 0.241 e. The fourth-order valence-electron chi connectivity index (χ4n) is 2.68. The largest absolute Gasteiger partial charge is 0.347 e. The van der Waals surface area contributed by atoms with Crippen molar-refractivity contribution in [1.82, 2.24) is 10.2 Å². The Kier molecular flexibility index (Phi) is 6.28. The Bertz CT molecular complexity index is 308. The molecule has 110 valence electrons. The first kappa shape index (κ1) is 16.0. The molecule has 0 aromatic rings. The maximum Gasteiger partial charge on any atom is 0.241 e. The van der Waals surface area contributed by atoms with Gasteiger partial charge in [0.15, 0.2) is 0 Å². The second-order valence-electron chi connectivity index (χ2n) is 5.44. The molecule has 1 aliphatic rings. The molecule has 1 aliphatic carbocycles. The molecule has 0 aliphatic heterocycles. The molecule has 1 rings (SSSR count). The number of carbonyl (C=O) groups is 2.